The number of allylic oxidation sites excluding steroid dienone is 4. The molecule has 0 aromatic rings. The van der Waals surface area contributed by atoms with Crippen LogP contribution in [0.15, 0.2) is 23.5 Å². The average molecular weight is 211 g/mol. The number of nitrogens with one attached hydrogen (secondary N) is 2. The largest absolute Gasteiger partial charge is 0.480 e. The Morgan fingerprint density at radius 2 is 2.33 bits per heavy atom. The molecule has 0 aromatic carbocycles. The number of nitrogens with zero attached hydrogens (tertiary/aromatic N) is 1. The molecule has 1 aliphatic rings. The fourth-order valence-electron chi connectivity index (χ4n) is 1.08. The van der Waals surface area contributed by atoms with Gasteiger partial charge in [-0.3, -0.25) is 14.9 Å². The van der Waals surface area contributed by atoms with Crippen molar-refractivity contribution in [1.82, 2.24) is 5.32 Å². The number of carboxylic acids is 1. The Morgan fingerprint density at radius 1 is 1.67 bits per heavy atom. The van der Waals surface area contributed by atoms with E-state index >= 15 is 0 Å². The van der Waals surface area contributed by atoms with Gasteiger partial charge in [0.1, 0.15) is 6.54 Å². The summed E-state index contributed by atoms with van der Waals surface area (Å²) in [4.78, 5) is 20.1. The first-order chi connectivity index (χ1) is 7.00. The van der Waals surface area contributed by atoms with Crippen LogP contribution in [0.1, 0.15) is 6.42 Å². The third kappa shape index (κ3) is 2.90. The molecular formula is C8H9N3O4. The van der Waals surface area contributed by atoms with Gasteiger partial charge in [0.25, 0.3) is 5.70 Å². The smallest absolute Gasteiger partial charge is 0.322 e. The van der Waals surface area contributed by atoms with Gasteiger partial charge in [-0.05, 0) is 6.08 Å². The zero-order chi connectivity index (χ0) is 11.4. The van der Waals surface area contributed by atoms with Crippen LogP contribution in [0, 0.1) is 15.5 Å². The van der Waals surface area contributed by atoms with Crippen molar-refractivity contribution < 1.29 is 14.8 Å². The Labute approximate surface area is 84.8 Å². The van der Waals surface area contributed by atoms with Crippen LogP contribution in [0.25, 0.3) is 0 Å². The minimum atomic E-state index is -1.05. The second-order valence-corrected chi connectivity index (χ2v) is 2.90. The summed E-state index contributed by atoms with van der Waals surface area (Å²) in [6.07, 6.45) is 2.51. The van der Waals surface area contributed by atoms with Gasteiger partial charge in [-0.25, -0.2) is 0 Å². The lowest BCUT2D eigenvalue weighted by molar-refractivity contribution is -0.426. The number of aliphatic carboxylic acids is 1. The van der Waals surface area contributed by atoms with E-state index in [-0.39, 0.29) is 24.4 Å². The van der Waals surface area contributed by atoms with Crippen LogP contribution in [0.5, 0.6) is 0 Å². The van der Waals surface area contributed by atoms with E-state index < -0.39 is 10.9 Å². The third-order valence-electron chi connectivity index (χ3n) is 1.79. The summed E-state index contributed by atoms with van der Waals surface area (Å²) in [5, 5.41) is 28.7. The molecule has 7 heteroatoms. The van der Waals surface area contributed by atoms with E-state index in [2.05, 4.69) is 5.32 Å². The summed E-state index contributed by atoms with van der Waals surface area (Å²) in [6, 6.07) is 0. The fraction of sp³-hybridized carbons (Fsp3) is 0.250. The molecule has 3 N–H and O–H groups in total. The second kappa shape index (κ2) is 4.36. The molecule has 1 aliphatic carbocycles. The highest BCUT2D eigenvalue weighted by Crippen LogP contribution is 2.13. The van der Waals surface area contributed by atoms with Gasteiger partial charge >= 0.3 is 5.97 Å². The van der Waals surface area contributed by atoms with E-state index in [1.54, 1.807) is 0 Å². The van der Waals surface area contributed by atoms with E-state index in [0.717, 1.165) is 0 Å². The highest BCUT2D eigenvalue weighted by Gasteiger charge is 2.19. The summed E-state index contributed by atoms with van der Waals surface area (Å²) >= 11 is 0. The van der Waals surface area contributed by atoms with Gasteiger partial charge in [0.2, 0.25) is 0 Å². The van der Waals surface area contributed by atoms with Gasteiger partial charge in [-0.2, -0.15) is 0 Å². The number of hydrogen-bond donors (Lipinski definition) is 3. The highest BCUT2D eigenvalue weighted by atomic mass is 16.6. The fourth-order valence-corrected chi connectivity index (χ4v) is 1.08. The van der Waals surface area contributed by atoms with Gasteiger partial charge < -0.3 is 15.8 Å². The Balaban J connectivity index is 2.71. The number of nitro groups is 1. The van der Waals surface area contributed by atoms with Crippen molar-refractivity contribution in [3.05, 3.63) is 33.7 Å². The minimum Gasteiger partial charge on any atom is -0.480 e. The van der Waals surface area contributed by atoms with Crippen LogP contribution in [0.2, 0.25) is 0 Å². The Kier molecular flexibility index (Phi) is 3.17. The van der Waals surface area contributed by atoms with Crippen molar-refractivity contribution in [2.45, 2.75) is 6.42 Å². The van der Waals surface area contributed by atoms with Crippen LogP contribution in [-0.4, -0.2) is 28.3 Å². The van der Waals surface area contributed by atoms with Crippen LogP contribution < -0.4 is 5.32 Å². The molecule has 1 rings (SSSR count). The molecule has 80 valence electrons. The van der Waals surface area contributed by atoms with Crippen molar-refractivity contribution in [3.63, 3.8) is 0 Å². The normalized spacial score (nSPS) is 15.3. The Bertz CT molecular complexity index is 383. The Morgan fingerprint density at radius 3 is 2.80 bits per heavy atom. The first-order valence-electron chi connectivity index (χ1n) is 4.09. The number of carboxylic acid groups (broad SMARTS) is 1. The van der Waals surface area contributed by atoms with Gasteiger partial charge in [0.15, 0.2) is 0 Å². The van der Waals surface area contributed by atoms with Crippen molar-refractivity contribution >= 4 is 11.7 Å². The van der Waals surface area contributed by atoms with Gasteiger partial charge in [0.05, 0.1) is 22.8 Å². The van der Waals surface area contributed by atoms with Crippen LogP contribution >= 0.6 is 0 Å². The molecule has 0 aliphatic heterocycles. The van der Waals surface area contributed by atoms with Crippen LogP contribution in [0.3, 0.4) is 0 Å². The molecule has 0 bridgehead atoms. The number of hydrogen-bond acceptors (Lipinski definition) is 5. The number of rotatable bonds is 4. The Hall–Kier alpha value is -2.18. The zero-order valence-electron chi connectivity index (χ0n) is 7.69. The van der Waals surface area contributed by atoms with Gasteiger partial charge in [-0.15, -0.1) is 0 Å². The molecule has 0 atom stereocenters. The third-order valence-corrected chi connectivity index (χ3v) is 1.79. The van der Waals surface area contributed by atoms with Gasteiger partial charge in [-0.1, -0.05) is 0 Å². The van der Waals surface area contributed by atoms with Crippen LogP contribution in [0.4, 0.5) is 0 Å². The predicted octanol–water partition coefficient (Wildman–Crippen LogP) is 0.129. The topological polar surface area (TPSA) is 116 Å². The monoisotopic (exact) mass is 211 g/mol. The summed E-state index contributed by atoms with van der Waals surface area (Å²) in [5.74, 6) is -1.05. The summed E-state index contributed by atoms with van der Waals surface area (Å²) in [7, 11) is 0. The lowest BCUT2D eigenvalue weighted by Gasteiger charge is -2.12. The summed E-state index contributed by atoms with van der Waals surface area (Å²) in [6.45, 7) is -0.310. The first-order valence-corrected chi connectivity index (χ1v) is 4.09. The molecule has 0 saturated heterocycles. The van der Waals surface area contributed by atoms with Crippen molar-refractivity contribution in [3.8, 4) is 0 Å². The molecule has 0 radical (unpaired) electrons. The molecule has 15 heavy (non-hydrogen) atoms. The standard InChI is InChI=1S/C8H9N3O4/c9-6-3-5(11(14)15)1-2-7(6)10-4-8(12)13/h1-2,9-10H,3-4H2,(H,12,13). The SMILES string of the molecule is N=C1CC([N+](=O)[O-])=CC=C1NCC(=O)O. The maximum absolute atomic E-state index is 10.4. The molecule has 0 amide bonds. The zero-order valence-corrected chi connectivity index (χ0v) is 7.69. The second-order valence-electron chi connectivity index (χ2n) is 2.90. The quantitative estimate of drug-likeness (QED) is 0.451. The average Bonchev–Trinajstić information content (AvgIpc) is 2.15. The molecule has 0 saturated carbocycles. The molecule has 0 fully saturated rings. The predicted molar refractivity (Wildman–Crippen MR) is 51.1 cm³/mol. The first kappa shape index (κ1) is 10.9. The molecular weight excluding hydrogens is 202 g/mol. The van der Waals surface area contributed by atoms with E-state index in [1.165, 1.54) is 12.2 Å². The maximum atomic E-state index is 10.4. The molecule has 0 spiro atoms. The van der Waals surface area contributed by atoms with Crippen LogP contribution in [-0.2, 0) is 4.79 Å². The summed E-state index contributed by atoms with van der Waals surface area (Å²) in [5.41, 5.74) is 0.259. The lowest BCUT2D eigenvalue weighted by atomic mass is 10.1. The van der Waals surface area contributed by atoms with E-state index in [9.17, 15) is 14.9 Å². The molecule has 7 nitrogen and oxygen atoms in total. The van der Waals surface area contributed by atoms with E-state index in [1.807, 2.05) is 0 Å². The lowest BCUT2D eigenvalue weighted by Crippen LogP contribution is -2.28. The molecule has 0 unspecified atom stereocenters. The van der Waals surface area contributed by atoms with Crippen molar-refractivity contribution in [1.29, 1.82) is 5.41 Å². The summed E-state index contributed by atoms with van der Waals surface area (Å²) < 4.78 is 0. The molecule has 0 aromatic heterocycles. The maximum Gasteiger partial charge on any atom is 0.322 e. The van der Waals surface area contributed by atoms with Gasteiger partial charge in [0, 0.05) is 6.08 Å². The van der Waals surface area contributed by atoms with E-state index in [0.29, 0.717) is 5.70 Å². The highest BCUT2D eigenvalue weighted by molar-refractivity contribution is 6.00. The minimum absolute atomic E-state index is 0.0189. The number of carbonyl (C=O) groups is 1. The van der Waals surface area contributed by atoms with Crippen molar-refractivity contribution in [2.75, 3.05) is 6.54 Å². The van der Waals surface area contributed by atoms with E-state index in [4.69, 9.17) is 10.5 Å². The molecule has 0 heterocycles. The van der Waals surface area contributed by atoms with Crippen molar-refractivity contribution in [2.24, 2.45) is 0 Å².